The minimum atomic E-state index is 0.786. The van der Waals surface area contributed by atoms with E-state index in [-0.39, 0.29) is 0 Å². The van der Waals surface area contributed by atoms with E-state index in [1.54, 1.807) is 0 Å². The SMILES string of the molecule is S=CNc1ccc2ccccc2n1. The average Bonchev–Trinajstić information content (AvgIpc) is 2.18. The van der Waals surface area contributed by atoms with E-state index in [4.69, 9.17) is 0 Å². The molecule has 0 bridgehead atoms. The van der Waals surface area contributed by atoms with Gasteiger partial charge in [0.05, 0.1) is 11.0 Å². The molecule has 0 saturated carbocycles. The molecule has 0 fully saturated rings. The molecule has 0 aliphatic rings. The van der Waals surface area contributed by atoms with Gasteiger partial charge in [-0.05, 0) is 18.2 Å². The van der Waals surface area contributed by atoms with Crippen LogP contribution in [0.3, 0.4) is 0 Å². The Kier molecular flexibility index (Phi) is 2.19. The van der Waals surface area contributed by atoms with Crippen LogP contribution < -0.4 is 5.32 Å². The number of nitrogens with one attached hydrogen (secondary N) is 1. The lowest BCUT2D eigenvalue weighted by atomic mass is 10.2. The summed E-state index contributed by atoms with van der Waals surface area (Å²) in [6, 6.07) is 11.9. The van der Waals surface area contributed by atoms with Crippen LogP contribution in [0.2, 0.25) is 0 Å². The quantitative estimate of drug-likeness (QED) is 0.733. The normalized spacial score (nSPS) is 9.85. The summed E-state index contributed by atoms with van der Waals surface area (Å²) in [6.07, 6.45) is 0. The van der Waals surface area contributed by atoms with Crippen molar-refractivity contribution in [3.63, 3.8) is 0 Å². The van der Waals surface area contributed by atoms with E-state index in [1.165, 1.54) is 5.49 Å². The molecule has 2 rings (SSSR count). The van der Waals surface area contributed by atoms with E-state index >= 15 is 0 Å². The first-order chi connectivity index (χ1) is 6.40. The first-order valence-electron chi connectivity index (χ1n) is 3.96. The Hall–Kier alpha value is -1.48. The number of fused-ring (bicyclic) bond motifs is 1. The maximum absolute atomic E-state index is 4.68. The van der Waals surface area contributed by atoms with Crippen molar-refractivity contribution >= 4 is 34.4 Å². The largest absolute Gasteiger partial charge is 0.337 e. The van der Waals surface area contributed by atoms with E-state index in [1.807, 2.05) is 36.4 Å². The standard InChI is InChI=1S/C10H8N2S/c13-7-11-10-6-5-8-3-1-2-4-9(8)12-10/h1-7H,(H,11,12,13). The lowest BCUT2D eigenvalue weighted by molar-refractivity contribution is 1.41. The van der Waals surface area contributed by atoms with Crippen LogP contribution >= 0.6 is 12.2 Å². The Morgan fingerprint density at radius 2 is 2.00 bits per heavy atom. The highest BCUT2D eigenvalue weighted by molar-refractivity contribution is 7.79. The maximum atomic E-state index is 4.68. The maximum Gasteiger partial charge on any atom is 0.131 e. The minimum absolute atomic E-state index is 0.786. The van der Waals surface area contributed by atoms with Crippen LogP contribution in [-0.4, -0.2) is 10.5 Å². The molecule has 0 aliphatic heterocycles. The van der Waals surface area contributed by atoms with E-state index in [9.17, 15) is 0 Å². The fourth-order valence-electron chi connectivity index (χ4n) is 1.21. The van der Waals surface area contributed by atoms with Gasteiger partial charge in [-0.3, -0.25) is 0 Å². The van der Waals surface area contributed by atoms with Crippen molar-refractivity contribution in [1.29, 1.82) is 0 Å². The molecule has 0 aliphatic carbocycles. The number of para-hydroxylation sites is 1. The second kappa shape index (κ2) is 3.49. The molecule has 0 saturated heterocycles. The molecule has 64 valence electrons. The number of rotatable bonds is 2. The number of hydrogen-bond acceptors (Lipinski definition) is 2. The van der Waals surface area contributed by atoms with Crippen molar-refractivity contribution in [3.05, 3.63) is 36.4 Å². The first kappa shape index (κ1) is 8.13. The van der Waals surface area contributed by atoms with Crippen molar-refractivity contribution in [3.8, 4) is 0 Å². The number of thiocarbonyl (C=S) groups is 1. The third kappa shape index (κ3) is 1.65. The van der Waals surface area contributed by atoms with Gasteiger partial charge in [0.1, 0.15) is 5.82 Å². The topological polar surface area (TPSA) is 24.9 Å². The molecule has 0 radical (unpaired) electrons. The molecule has 1 heterocycles. The molecular formula is C10H8N2S. The molecule has 1 aromatic carbocycles. The number of nitrogens with zero attached hydrogens (tertiary/aromatic N) is 1. The van der Waals surface area contributed by atoms with Crippen LogP contribution in [0.1, 0.15) is 0 Å². The fraction of sp³-hybridized carbons (Fsp3) is 0. The fourth-order valence-corrected chi connectivity index (χ4v) is 1.33. The van der Waals surface area contributed by atoms with Crippen LogP contribution in [-0.2, 0) is 0 Å². The zero-order valence-corrected chi connectivity index (χ0v) is 7.71. The van der Waals surface area contributed by atoms with Gasteiger partial charge in [-0.1, -0.05) is 30.4 Å². The third-order valence-corrected chi connectivity index (χ3v) is 1.92. The summed E-state index contributed by atoms with van der Waals surface area (Å²) in [5, 5.41) is 4.01. The van der Waals surface area contributed by atoms with E-state index in [0.717, 1.165) is 16.7 Å². The van der Waals surface area contributed by atoms with Crippen LogP contribution in [0.25, 0.3) is 10.9 Å². The molecule has 0 amide bonds. The average molecular weight is 188 g/mol. The Labute approximate surface area is 81.6 Å². The van der Waals surface area contributed by atoms with Gasteiger partial charge >= 0.3 is 0 Å². The molecule has 0 unspecified atom stereocenters. The molecule has 2 aromatic rings. The van der Waals surface area contributed by atoms with Gasteiger partial charge in [-0.2, -0.15) is 0 Å². The zero-order valence-electron chi connectivity index (χ0n) is 6.90. The summed E-state index contributed by atoms with van der Waals surface area (Å²) in [7, 11) is 0. The summed E-state index contributed by atoms with van der Waals surface area (Å²) < 4.78 is 0. The Bertz CT molecular complexity index is 440. The Morgan fingerprint density at radius 3 is 2.85 bits per heavy atom. The highest BCUT2D eigenvalue weighted by Gasteiger charge is 1.94. The summed E-state index contributed by atoms with van der Waals surface area (Å²) in [4.78, 5) is 4.36. The predicted octanol–water partition coefficient (Wildman–Crippen LogP) is 2.60. The van der Waals surface area contributed by atoms with Crippen LogP contribution in [0.15, 0.2) is 36.4 Å². The molecular weight excluding hydrogens is 180 g/mol. The third-order valence-electron chi connectivity index (χ3n) is 1.81. The minimum Gasteiger partial charge on any atom is -0.337 e. The molecule has 0 atom stereocenters. The predicted molar refractivity (Wildman–Crippen MR) is 59.0 cm³/mol. The first-order valence-corrected chi connectivity index (χ1v) is 4.43. The van der Waals surface area contributed by atoms with E-state index in [0.29, 0.717) is 0 Å². The van der Waals surface area contributed by atoms with Crippen molar-refractivity contribution in [2.75, 3.05) is 5.32 Å². The molecule has 3 heteroatoms. The van der Waals surface area contributed by atoms with Crippen molar-refractivity contribution in [2.24, 2.45) is 0 Å². The van der Waals surface area contributed by atoms with Gasteiger partial charge in [0.2, 0.25) is 0 Å². The molecule has 2 nitrogen and oxygen atoms in total. The van der Waals surface area contributed by atoms with Gasteiger partial charge in [0.15, 0.2) is 0 Å². The molecule has 1 aromatic heterocycles. The number of anilines is 1. The smallest absolute Gasteiger partial charge is 0.131 e. The number of aromatic nitrogens is 1. The Balaban J connectivity index is 2.55. The number of pyridine rings is 1. The highest BCUT2D eigenvalue weighted by atomic mass is 32.1. The van der Waals surface area contributed by atoms with Crippen LogP contribution in [0, 0.1) is 0 Å². The van der Waals surface area contributed by atoms with Gasteiger partial charge in [0, 0.05) is 5.39 Å². The zero-order chi connectivity index (χ0) is 9.10. The van der Waals surface area contributed by atoms with E-state index < -0.39 is 0 Å². The molecule has 1 N–H and O–H groups in total. The summed E-state index contributed by atoms with van der Waals surface area (Å²) in [5.41, 5.74) is 2.43. The van der Waals surface area contributed by atoms with Crippen LogP contribution in [0.5, 0.6) is 0 Å². The second-order valence-electron chi connectivity index (χ2n) is 2.65. The van der Waals surface area contributed by atoms with Gasteiger partial charge in [-0.15, -0.1) is 0 Å². The van der Waals surface area contributed by atoms with Gasteiger partial charge in [-0.25, -0.2) is 4.98 Å². The van der Waals surface area contributed by atoms with Crippen molar-refractivity contribution < 1.29 is 0 Å². The lowest BCUT2D eigenvalue weighted by Gasteiger charge is -2.00. The second-order valence-corrected chi connectivity index (χ2v) is 2.89. The number of benzene rings is 1. The number of hydrogen-bond donors (Lipinski definition) is 1. The lowest BCUT2D eigenvalue weighted by Crippen LogP contribution is -1.94. The summed E-state index contributed by atoms with van der Waals surface area (Å²) in [6.45, 7) is 0. The van der Waals surface area contributed by atoms with E-state index in [2.05, 4.69) is 22.5 Å². The monoisotopic (exact) mass is 188 g/mol. The van der Waals surface area contributed by atoms with Crippen molar-refractivity contribution in [2.45, 2.75) is 0 Å². The van der Waals surface area contributed by atoms with Gasteiger partial charge in [0.25, 0.3) is 0 Å². The molecule has 13 heavy (non-hydrogen) atoms. The van der Waals surface area contributed by atoms with Gasteiger partial charge < -0.3 is 5.32 Å². The Morgan fingerprint density at radius 1 is 1.15 bits per heavy atom. The molecule has 0 spiro atoms. The highest BCUT2D eigenvalue weighted by Crippen LogP contribution is 2.13. The van der Waals surface area contributed by atoms with Crippen molar-refractivity contribution in [1.82, 2.24) is 4.98 Å². The summed E-state index contributed by atoms with van der Waals surface area (Å²) >= 11 is 4.68. The van der Waals surface area contributed by atoms with Crippen LogP contribution in [0.4, 0.5) is 5.82 Å². The summed E-state index contributed by atoms with van der Waals surface area (Å²) in [5.74, 6) is 0.786.